The number of Topliss-reactive ketones (excluding diaryl/α,β-unsaturated/α-hetero) is 1. The molecule has 3 nitrogen and oxygen atoms in total. The Morgan fingerprint density at radius 2 is 1.54 bits per heavy atom. The van der Waals surface area contributed by atoms with Crippen molar-refractivity contribution in [3.63, 3.8) is 0 Å². The molecule has 2 aromatic carbocycles. The summed E-state index contributed by atoms with van der Waals surface area (Å²) in [6.45, 7) is 5.18. The summed E-state index contributed by atoms with van der Waals surface area (Å²) in [6.07, 6.45) is 13.6. The van der Waals surface area contributed by atoms with Gasteiger partial charge in [-0.1, -0.05) is 75.9 Å². The monoisotopic (exact) mass is 499 g/mol. The second-order valence-electron chi connectivity index (χ2n) is 11.5. The van der Waals surface area contributed by atoms with Crippen LogP contribution in [0.2, 0.25) is 0 Å². The predicted molar refractivity (Wildman–Crippen MR) is 152 cm³/mol. The van der Waals surface area contributed by atoms with Crippen LogP contribution in [0.25, 0.3) is 11.1 Å². The molecule has 0 radical (unpaired) electrons. The Balaban J connectivity index is 1.30. The van der Waals surface area contributed by atoms with Crippen molar-refractivity contribution < 1.29 is 9.53 Å². The number of rotatable bonds is 11. The Labute approximate surface area is 224 Å². The zero-order chi connectivity index (χ0) is 26.1. The third kappa shape index (κ3) is 6.84. The van der Waals surface area contributed by atoms with Gasteiger partial charge in [0.1, 0.15) is 11.5 Å². The van der Waals surface area contributed by atoms with E-state index in [1.165, 1.54) is 36.0 Å². The van der Waals surface area contributed by atoms with Crippen molar-refractivity contribution in [2.24, 2.45) is 17.3 Å². The van der Waals surface area contributed by atoms with Gasteiger partial charge in [-0.15, -0.1) is 0 Å². The summed E-state index contributed by atoms with van der Waals surface area (Å²) in [6, 6.07) is 20.2. The van der Waals surface area contributed by atoms with Gasteiger partial charge < -0.3 is 4.74 Å². The third-order valence-corrected chi connectivity index (χ3v) is 9.12. The number of unbranched alkanes of at least 4 members (excludes halogenated alkanes) is 3. The minimum Gasteiger partial charge on any atom is -0.494 e. The van der Waals surface area contributed by atoms with Gasteiger partial charge in [-0.2, -0.15) is 5.26 Å². The highest BCUT2D eigenvalue weighted by Crippen LogP contribution is 2.51. The lowest BCUT2D eigenvalue weighted by Crippen LogP contribution is -2.38. The maximum atomic E-state index is 12.7. The molecule has 2 aliphatic rings. The normalized spacial score (nSPS) is 26.0. The summed E-state index contributed by atoms with van der Waals surface area (Å²) in [5.41, 5.74) is 3.51. The first-order valence-corrected chi connectivity index (χ1v) is 14.9. The largest absolute Gasteiger partial charge is 0.494 e. The Kier molecular flexibility index (Phi) is 9.84. The molecule has 0 aliphatic heterocycles. The first kappa shape index (κ1) is 27.4. The van der Waals surface area contributed by atoms with Crippen molar-refractivity contribution in [2.45, 2.75) is 103 Å². The van der Waals surface area contributed by atoms with E-state index in [-0.39, 0.29) is 17.3 Å². The highest BCUT2D eigenvalue weighted by atomic mass is 16.5. The van der Waals surface area contributed by atoms with Crippen molar-refractivity contribution in [1.29, 1.82) is 5.26 Å². The van der Waals surface area contributed by atoms with Crippen LogP contribution in [0.3, 0.4) is 0 Å². The number of nitriles is 1. The zero-order valence-corrected chi connectivity index (χ0v) is 23.0. The minimum absolute atomic E-state index is 0.242. The number of ether oxygens (including phenoxy) is 1. The molecule has 2 aromatic rings. The highest BCUT2D eigenvalue weighted by molar-refractivity contribution is 5.82. The van der Waals surface area contributed by atoms with Gasteiger partial charge in [0.15, 0.2) is 0 Å². The number of ketones is 1. The van der Waals surface area contributed by atoms with Crippen LogP contribution in [0.1, 0.15) is 109 Å². The molecular weight excluding hydrogens is 454 g/mol. The van der Waals surface area contributed by atoms with Gasteiger partial charge in [0.2, 0.25) is 0 Å². The van der Waals surface area contributed by atoms with Gasteiger partial charge in [-0.3, -0.25) is 4.79 Å². The quantitative estimate of drug-likeness (QED) is 0.289. The standard InChI is InChI=1S/C34H45NO2/c1-3-5-6-7-23-37-32-17-14-28(15-18-32)26-9-11-27(12-10-26)29-19-21-34(25-35,22-20-29)31-16-13-30(8-4-2)33(36)24-31/h9-12,14-15,17-18,29-31H,3-8,13,16,19-24H2,1-2H3. The molecule has 0 N–H and O–H groups in total. The van der Waals surface area contributed by atoms with E-state index < -0.39 is 0 Å². The molecule has 198 valence electrons. The van der Waals surface area contributed by atoms with Crippen LogP contribution in [0.15, 0.2) is 48.5 Å². The minimum atomic E-state index is -0.302. The second kappa shape index (κ2) is 13.3. The molecule has 0 aromatic heterocycles. The molecule has 0 spiro atoms. The van der Waals surface area contributed by atoms with E-state index in [4.69, 9.17) is 4.74 Å². The average Bonchev–Trinajstić information content (AvgIpc) is 2.95. The van der Waals surface area contributed by atoms with E-state index >= 15 is 0 Å². The molecule has 0 heterocycles. The van der Waals surface area contributed by atoms with E-state index in [9.17, 15) is 10.1 Å². The highest BCUT2D eigenvalue weighted by Gasteiger charge is 2.45. The number of benzene rings is 2. The molecule has 3 heteroatoms. The number of hydrogen-bond donors (Lipinski definition) is 0. The van der Waals surface area contributed by atoms with Crippen molar-refractivity contribution >= 4 is 5.78 Å². The molecule has 2 saturated carbocycles. The second-order valence-corrected chi connectivity index (χ2v) is 11.5. The van der Waals surface area contributed by atoms with E-state index in [1.54, 1.807) is 0 Å². The number of nitrogens with zero attached hydrogens (tertiary/aromatic N) is 1. The van der Waals surface area contributed by atoms with E-state index in [2.05, 4.69) is 68.4 Å². The van der Waals surface area contributed by atoms with Crippen molar-refractivity contribution in [2.75, 3.05) is 6.61 Å². The van der Waals surface area contributed by atoms with Crippen molar-refractivity contribution in [3.8, 4) is 22.9 Å². The van der Waals surface area contributed by atoms with Crippen molar-refractivity contribution in [3.05, 3.63) is 54.1 Å². The summed E-state index contributed by atoms with van der Waals surface area (Å²) < 4.78 is 5.89. The Bertz CT molecular complexity index is 1020. The topological polar surface area (TPSA) is 50.1 Å². The van der Waals surface area contributed by atoms with Crippen LogP contribution < -0.4 is 4.74 Å². The molecule has 2 atom stereocenters. The Hall–Kier alpha value is -2.60. The van der Waals surface area contributed by atoms with Crippen LogP contribution in [0.5, 0.6) is 5.75 Å². The van der Waals surface area contributed by atoms with Gasteiger partial charge >= 0.3 is 0 Å². The summed E-state index contributed by atoms with van der Waals surface area (Å²) in [5.74, 6) is 2.36. The fourth-order valence-electron chi connectivity index (χ4n) is 6.69. The van der Waals surface area contributed by atoms with E-state index in [0.29, 0.717) is 18.1 Å². The lowest BCUT2D eigenvalue weighted by Gasteiger charge is -2.43. The SMILES string of the molecule is CCCCCCOc1ccc(-c2ccc(C3CCC(C#N)(C4CCC(CCC)C(=O)C4)CC3)cc2)cc1. The zero-order valence-electron chi connectivity index (χ0n) is 23.0. The summed E-state index contributed by atoms with van der Waals surface area (Å²) in [7, 11) is 0. The van der Waals surface area contributed by atoms with Gasteiger partial charge in [-0.25, -0.2) is 0 Å². The Morgan fingerprint density at radius 1 is 0.865 bits per heavy atom. The molecule has 2 fully saturated rings. The number of carbonyl (C=O) groups excluding carboxylic acids is 1. The fraction of sp³-hybridized carbons (Fsp3) is 0.588. The van der Waals surface area contributed by atoms with Crippen molar-refractivity contribution in [1.82, 2.24) is 0 Å². The van der Waals surface area contributed by atoms with Crippen LogP contribution in [-0.2, 0) is 4.79 Å². The molecular formula is C34H45NO2. The average molecular weight is 500 g/mol. The summed E-state index contributed by atoms with van der Waals surface area (Å²) in [5, 5.41) is 10.2. The van der Waals surface area contributed by atoms with Gasteiger partial charge in [0, 0.05) is 12.3 Å². The van der Waals surface area contributed by atoms with Crippen LogP contribution >= 0.6 is 0 Å². The molecule has 0 saturated heterocycles. The predicted octanol–water partition coefficient (Wildman–Crippen LogP) is 9.27. The summed E-state index contributed by atoms with van der Waals surface area (Å²) in [4.78, 5) is 12.7. The molecule has 37 heavy (non-hydrogen) atoms. The molecule has 2 unspecified atom stereocenters. The van der Waals surface area contributed by atoms with Gasteiger partial charge in [0.05, 0.1) is 18.1 Å². The summed E-state index contributed by atoms with van der Waals surface area (Å²) >= 11 is 0. The van der Waals surface area contributed by atoms with Crippen LogP contribution in [0.4, 0.5) is 0 Å². The van der Waals surface area contributed by atoms with Gasteiger partial charge in [-0.05, 0) is 92.0 Å². The lowest BCUT2D eigenvalue weighted by atomic mass is 9.59. The molecule has 0 bridgehead atoms. The maximum Gasteiger partial charge on any atom is 0.136 e. The third-order valence-electron chi connectivity index (χ3n) is 9.12. The first-order chi connectivity index (χ1) is 18.1. The maximum absolute atomic E-state index is 12.7. The van der Waals surface area contributed by atoms with Crippen LogP contribution in [0, 0.1) is 28.6 Å². The van der Waals surface area contributed by atoms with Gasteiger partial charge in [0.25, 0.3) is 0 Å². The number of hydrogen-bond acceptors (Lipinski definition) is 3. The van der Waals surface area contributed by atoms with E-state index in [0.717, 1.165) is 70.1 Å². The molecule has 4 rings (SSSR count). The first-order valence-electron chi connectivity index (χ1n) is 14.9. The fourth-order valence-corrected chi connectivity index (χ4v) is 6.69. The molecule has 2 aliphatic carbocycles. The number of carbonyl (C=O) groups is 1. The van der Waals surface area contributed by atoms with Crippen LogP contribution in [-0.4, -0.2) is 12.4 Å². The Morgan fingerprint density at radius 3 is 2.14 bits per heavy atom. The smallest absolute Gasteiger partial charge is 0.136 e. The molecule has 0 amide bonds. The van der Waals surface area contributed by atoms with E-state index in [1.807, 2.05) is 0 Å². The lowest BCUT2D eigenvalue weighted by molar-refractivity contribution is -0.128.